The van der Waals surface area contributed by atoms with E-state index in [0.29, 0.717) is 17.7 Å². The summed E-state index contributed by atoms with van der Waals surface area (Å²) in [5, 5.41) is 8.35. The van der Waals surface area contributed by atoms with E-state index in [9.17, 15) is 14.4 Å². The van der Waals surface area contributed by atoms with Crippen LogP contribution in [0, 0.1) is 0 Å². The van der Waals surface area contributed by atoms with Crippen LogP contribution in [0.1, 0.15) is 25.3 Å². The lowest BCUT2D eigenvalue weighted by Gasteiger charge is -2.11. The van der Waals surface area contributed by atoms with Crippen molar-refractivity contribution in [3.05, 3.63) is 40.4 Å². The molecule has 0 spiro atoms. The van der Waals surface area contributed by atoms with Gasteiger partial charge in [0, 0.05) is 12.2 Å². The van der Waals surface area contributed by atoms with Crippen LogP contribution in [0.4, 0.5) is 0 Å². The van der Waals surface area contributed by atoms with Crippen LogP contribution >= 0.6 is 15.9 Å². The molecule has 0 aliphatic carbocycles. The van der Waals surface area contributed by atoms with Crippen LogP contribution in [0.5, 0.6) is 5.75 Å². The third-order valence-electron chi connectivity index (χ3n) is 2.68. The molecule has 1 rings (SSSR count). The molecule has 0 saturated carbocycles. The van der Waals surface area contributed by atoms with Crippen molar-refractivity contribution in [2.45, 2.75) is 19.8 Å². The van der Waals surface area contributed by atoms with E-state index in [1.54, 1.807) is 6.07 Å². The zero-order chi connectivity index (χ0) is 17.4. The Morgan fingerprint density at radius 1 is 1.26 bits per heavy atom. The van der Waals surface area contributed by atoms with Gasteiger partial charge in [-0.2, -0.15) is 0 Å². The van der Waals surface area contributed by atoms with Gasteiger partial charge in [0.25, 0.3) is 11.8 Å². The number of hydrogen-bond acceptors (Lipinski definition) is 4. The summed E-state index contributed by atoms with van der Waals surface area (Å²) in [6, 6.07) is 5.57. The maximum Gasteiger partial charge on any atom is 0.328 e. The molecule has 7 nitrogen and oxygen atoms in total. The molecule has 0 atom stereocenters. The van der Waals surface area contributed by atoms with Crippen molar-refractivity contribution >= 4 is 33.7 Å². The Morgan fingerprint density at radius 3 is 2.52 bits per heavy atom. The Hall–Kier alpha value is -2.35. The van der Waals surface area contributed by atoms with Crippen LogP contribution in [0.3, 0.4) is 0 Å². The molecule has 0 aliphatic heterocycles. The van der Waals surface area contributed by atoms with Crippen LogP contribution in [0.2, 0.25) is 0 Å². The normalized spacial score (nSPS) is 10.6. The average Bonchev–Trinajstić information content (AvgIpc) is 2.49. The second-order valence-electron chi connectivity index (χ2n) is 4.84. The van der Waals surface area contributed by atoms with Crippen molar-refractivity contribution in [3.8, 4) is 5.75 Å². The van der Waals surface area contributed by atoms with E-state index in [1.165, 1.54) is 0 Å². The zero-order valence-electron chi connectivity index (χ0n) is 12.6. The molecule has 0 aliphatic rings. The molecule has 0 radical (unpaired) electrons. The van der Waals surface area contributed by atoms with E-state index in [0.717, 1.165) is 16.1 Å². The maximum atomic E-state index is 11.5. The van der Waals surface area contributed by atoms with Crippen molar-refractivity contribution < 1.29 is 24.2 Å². The Balaban J connectivity index is 2.44. The van der Waals surface area contributed by atoms with Gasteiger partial charge in [-0.15, -0.1) is 0 Å². The fourth-order valence-electron chi connectivity index (χ4n) is 1.49. The SMILES string of the molecule is CC(C)c1ccc(OCC(=O)NNC(=O)C=CC(=O)O)c(Br)c1. The number of carboxylic acids is 1. The van der Waals surface area contributed by atoms with E-state index < -0.39 is 17.8 Å². The number of carboxylic acid groups (broad SMARTS) is 1. The smallest absolute Gasteiger partial charge is 0.328 e. The second kappa shape index (κ2) is 8.94. The predicted molar refractivity (Wildman–Crippen MR) is 86.8 cm³/mol. The summed E-state index contributed by atoms with van der Waals surface area (Å²) in [5.41, 5.74) is 5.27. The number of hydrazine groups is 1. The van der Waals surface area contributed by atoms with Gasteiger partial charge in [-0.05, 0) is 39.5 Å². The third kappa shape index (κ3) is 6.96. The number of benzene rings is 1. The minimum absolute atomic E-state index is 0.303. The number of halogens is 1. The predicted octanol–water partition coefficient (Wildman–Crippen LogP) is 1.74. The van der Waals surface area contributed by atoms with Crippen molar-refractivity contribution in [1.82, 2.24) is 10.9 Å². The molecule has 3 N–H and O–H groups in total. The largest absolute Gasteiger partial charge is 0.483 e. The number of ether oxygens (including phenoxy) is 1. The number of carbonyl (C=O) groups is 3. The first-order chi connectivity index (χ1) is 10.8. The monoisotopic (exact) mass is 384 g/mol. The highest BCUT2D eigenvalue weighted by Crippen LogP contribution is 2.28. The Bertz CT molecular complexity index is 628. The molecule has 124 valence electrons. The van der Waals surface area contributed by atoms with Gasteiger partial charge in [-0.1, -0.05) is 19.9 Å². The quantitative estimate of drug-likeness (QED) is 0.511. The molecule has 0 bridgehead atoms. The minimum Gasteiger partial charge on any atom is -0.483 e. The molecule has 23 heavy (non-hydrogen) atoms. The number of aliphatic carboxylic acids is 1. The second-order valence-corrected chi connectivity index (χ2v) is 5.70. The lowest BCUT2D eigenvalue weighted by Crippen LogP contribution is -2.43. The summed E-state index contributed by atoms with van der Waals surface area (Å²) < 4.78 is 6.07. The van der Waals surface area contributed by atoms with Crippen LogP contribution in [0.25, 0.3) is 0 Å². The Kier molecular flexibility index (Phi) is 7.27. The van der Waals surface area contributed by atoms with Gasteiger partial charge in [0.2, 0.25) is 0 Å². The van der Waals surface area contributed by atoms with E-state index in [-0.39, 0.29) is 6.61 Å². The lowest BCUT2D eigenvalue weighted by molar-refractivity contribution is -0.131. The first kappa shape index (κ1) is 18.7. The van der Waals surface area contributed by atoms with Crippen LogP contribution in [-0.4, -0.2) is 29.5 Å². The molecule has 0 fully saturated rings. The molecule has 2 amide bonds. The highest BCUT2D eigenvalue weighted by Gasteiger charge is 2.08. The summed E-state index contributed by atoms with van der Waals surface area (Å²) in [6.07, 6.45) is 1.44. The van der Waals surface area contributed by atoms with Gasteiger partial charge in [0.15, 0.2) is 6.61 Å². The number of nitrogens with one attached hydrogen (secondary N) is 2. The Labute approximate surface area is 141 Å². The third-order valence-corrected chi connectivity index (χ3v) is 3.30. The van der Waals surface area contributed by atoms with E-state index in [4.69, 9.17) is 9.84 Å². The van der Waals surface area contributed by atoms with Crippen molar-refractivity contribution in [2.24, 2.45) is 0 Å². The maximum absolute atomic E-state index is 11.5. The van der Waals surface area contributed by atoms with E-state index in [1.807, 2.05) is 17.6 Å². The average molecular weight is 385 g/mol. The molecule has 1 aromatic carbocycles. The minimum atomic E-state index is -1.26. The van der Waals surface area contributed by atoms with Gasteiger partial charge >= 0.3 is 5.97 Å². The molecule has 1 aromatic rings. The van der Waals surface area contributed by atoms with Gasteiger partial charge in [-0.3, -0.25) is 20.4 Å². The van der Waals surface area contributed by atoms with E-state index in [2.05, 4.69) is 35.2 Å². The summed E-state index contributed by atoms with van der Waals surface area (Å²) in [4.78, 5) is 32.9. The van der Waals surface area contributed by atoms with Gasteiger partial charge < -0.3 is 9.84 Å². The Morgan fingerprint density at radius 2 is 1.96 bits per heavy atom. The number of amides is 2. The van der Waals surface area contributed by atoms with Crippen LogP contribution in [-0.2, 0) is 14.4 Å². The summed E-state index contributed by atoms with van der Waals surface area (Å²) >= 11 is 3.37. The summed E-state index contributed by atoms with van der Waals surface area (Å²) in [5.74, 6) is -1.73. The van der Waals surface area contributed by atoms with Gasteiger partial charge in [-0.25, -0.2) is 4.79 Å². The molecule has 0 saturated heterocycles. The fraction of sp³-hybridized carbons (Fsp3) is 0.267. The molecular weight excluding hydrogens is 368 g/mol. The van der Waals surface area contributed by atoms with Crippen molar-refractivity contribution in [3.63, 3.8) is 0 Å². The summed E-state index contributed by atoms with van der Waals surface area (Å²) in [6.45, 7) is 3.83. The highest BCUT2D eigenvalue weighted by atomic mass is 79.9. The molecule has 0 heterocycles. The topological polar surface area (TPSA) is 105 Å². The first-order valence-corrected chi connectivity index (χ1v) is 7.51. The van der Waals surface area contributed by atoms with Crippen LogP contribution in [0.15, 0.2) is 34.8 Å². The number of carbonyl (C=O) groups excluding carboxylic acids is 2. The van der Waals surface area contributed by atoms with Crippen molar-refractivity contribution in [1.29, 1.82) is 0 Å². The van der Waals surface area contributed by atoms with Gasteiger partial charge in [0.1, 0.15) is 5.75 Å². The van der Waals surface area contributed by atoms with Crippen molar-refractivity contribution in [2.75, 3.05) is 6.61 Å². The van der Waals surface area contributed by atoms with E-state index >= 15 is 0 Å². The number of rotatable bonds is 6. The number of hydrogen-bond donors (Lipinski definition) is 3. The molecule has 8 heteroatoms. The lowest BCUT2D eigenvalue weighted by atomic mass is 10.0. The summed E-state index contributed by atoms with van der Waals surface area (Å²) in [7, 11) is 0. The standard InChI is InChI=1S/C15H17BrN2O5/c1-9(2)10-3-4-12(11(16)7-10)23-8-14(20)18-17-13(19)5-6-15(21)22/h3-7,9H,8H2,1-2H3,(H,17,19)(H,18,20)(H,21,22). The molecule has 0 aromatic heterocycles. The first-order valence-electron chi connectivity index (χ1n) is 6.71. The van der Waals surface area contributed by atoms with Gasteiger partial charge in [0.05, 0.1) is 4.47 Å². The highest BCUT2D eigenvalue weighted by molar-refractivity contribution is 9.10. The zero-order valence-corrected chi connectivity index (χ0v) is 14.2. The fourth-order valence-corrected chi connectivity index (χ4v) is 2.00. The molecule has 0 unspecified atom stereocenters. The van der Waals surface area contributed by atoms with Crippen LogP contribution < -0.4 is 15.6 Å². The molecular formula is C15H17BrN2O5.